The van der Waals surface area contributed by atoms with E-state index >= 15 is 0 Å². The van der Waals surface area contributed by atoms with Crippen molar-refractivity contribution in [2.24, 2.45) is 0 Å². The molecule has 3 rings (SSSR count). The fraction of sp³-hybridized carbons (Fsp3) is 0.250. The van der Waals surface area contributed by atoms with Gasteiger partial charge in [0.15, 0.2) is 11.5 Å². The minimum atomic E-state index is -0.203. The van der Waals surface area contributed by atoms with Crippen molar-refractivity contribution in [2.75, 3.05) is 13.2 Å². The number of hydrogen-bond donors (Lipinski definition) is 0. The molecule has 0 saturated heterocycles. The molecular formula is C16H13Br2FO2. The third-order valence-corrected chi connectivity index (χ3v) is 5.13. The summed E-state index contributed by atoms with van der Waals surface area (Å²) in [6, 6.07) is 9.07. The summed E-state index contributed by atoms with van der Waals surface area (Å²) in [6.07, 6.45) is 0. The molecule has 0 saturated carbocycles. The zero-order valence-corrected chi connectivity index (χ0v) is 14.5. The summed E-state index contributed by atoms with van der Waals surface area (Å²) in [6.45, 7) is 2.85. The molecule has 1 aliphatic heterocycles. The van der Waals surface area contributed by atoms with Crippen molar-refractivity contribution in [3.63, 3.8) is 0 Å². The Bertz CT molecular complexity index is 688. The highest BCUT2D eigenvalue weighted by Crippen LogP contribution is 2.42. The van der Waals surface area contributed by atoms with Gasteiger partial charge in [-0.3, -0.25) is 0 Å². The predicted molar refractivity (Wildman–Crippen MR) is 87.0 cm³/mol. The molecule has 1 heterocycles. The molecule has 0 aromatic heterocycles. The minimum Gasteiger partial charge on any atom is -0.486 e. The first-order valence-corrected chi connectivity index (χ1v) is 8.26. The van der Waals surface area contributed by atoms with E-state index in [0.717, 1.165) is 27.1 Å². The number of ether oxygens (including phenoxy) is 2. The maximum Gasteiger partial charge on any atom is 0.162 e. The zero-order chi connectivity index (χ0) is 15.0. The summed E-state index contributed by atoms with van der Waals surface area (Å²) >= 11 is 7.19. The van der Waals surface area contributed by atoms with Gasteiger partial charge in [-0.1, -0.05) is 44.0 Å². The highest BCUT2D eigenvalue weighted by Gasteiger charge is 2.20. The Morgan fingerprint density at radius 2 is 1.76 bits per heavy atom. The fourth-order valence-electron chi connectivity index (χ4n) is 2.22. The van der Waals surface area contributed by atoms with Crippen molar-refractivity contribution < 1.29 is 13.9 Å². The first-order valence-electron chi connectivity index (χ1n) is 6.55. The van der Waals surface area contributed by atoms with E-state index in [2.05, 4.69) is 31.9 Å². The predicted octanol–water partition coefficient (Wildman–Crippen LogP) is 5.15. The number of fused-ring (bicyclic) bond motifs is 1. The van der Waals surface area contributed by atoms with Gasteiger partial charge in [-0.05, 0) is 41.8 Å². The van der Waals surface area contributed by atoms with Crippen molar-refractivity contribution in [2.45, 2.75) is 11.8 Å². The Hall–Kier alpha value is -1.07. The van der Waals surface area contributed by atoms with E-state index in [9.17, 15) is 4.39 Å². The van der Waals surface area contributed by atoms with Crippen LogP contribution in [-0.2, 0) is 0 Å². The number of benzene rings is 2. The van der Waals surface area contributed by atoms with Crippen molar-refractivity contribution >= 4 is 31.9 Å². The average molecular weight is 416 g/mol. The molecule has 1 unspecified atom stereocenters. The quantitative estimate of drug-likeness (QED) is 0.631. The Morgan fingerprint density at radius 3 is 2.43 bits per heavy atom. The molecule has 2 aromatic carbocycles. The second-order valence-electron chi connectivity index (χ2n) is 4.89. The van der Waals surface area contributed by atoms with Crippen LogP contribution in [0.1, 0.15) is 21.5 Å². The number of rotatable bonds is 2. The van der Waals surface area contributed by atoms with Gasteiger partial charge < -0.3 is 9.47 Å². The van der Waals surface area contributed by atoms with Crippen LogP contribution in [0, 0.1) is 12.7 Å². The minimum absolute atomic E-state index is 0.127. The third-order valence-electron chi connectivity index (χ3n) is 3.42. The Balaban J connectivity index is 2.00. The van der Waals surface area contributed by atoms with Gasteiger partial charge in [-0.2, -0.15) is 0 Å². The highest BCUT2D eigenvalue weighted by molar-refractivity contribution is 9.11. The second kappa shape index (κ2) is 5.97. The molecule has 5 heteroatoms. The van der Waals surface area contributed by atoms with Crippen LogP contribution >= 0.6 is 31.9 Å². The van der Waals surface area contributed by atoms with Gasteiger partial charge in [-0.25, -0.2) is 4.39 Å². The van der Waals surface area contributed by atoms with Crippen LogP contribution in [0.25, 0.3) is 0 Å². The van der Waals surface area contributed by atoms with Gasteiger partial charge in [0.05, 0.1) is 4.83 Å². The topological polar surface area (TPSA) is 18.5 Å². The molecular weight excluding hydrogens is 403 g/mol. The van der Waals surface area contributed by atoms with E-state index in [1.165, 1.54) is 0 Å². The molecule has 0 fully saturated rings. The normalized spacial score (nSPS) is 14.9. The Morgan fingerprint density at radius 1 is 1.10 bits per heavy atom. The lowest BCUT2D eigenvalue weighted by molar-refractivity contribution is 0.171. The lowest BCUT2D eigenvalue weighted by atomic mass is 10.0. The van der Waals surface area contributed by atoms with Crippen molar-refractivity contribution in [1.82, 2.24) is 0 Å². The molecule has 1 atom stereocenters. The SMILES string of the molecule is Cc1ccc(C(Br)c2cc3c(cc2Br)OCCO3)cc1F. The molecule has 1 aliphatic rings. The van der Waals surface area contributed by atoms with E-state index < -0.39 is 0 Å². The van der Waals surface area contributed by atoms with Gasteiger partial charge in [0.2, 0.25) is 0 Å². The molecule has 2 aromatic rings. The molecule has 0 spiro atoms. The second-order valence-corrected chi connectivity index (χ2v) is 6.66. The van der Waals surface area contributed by atoms with Crippen LogP contribution in [0.3, 0.4) is 0 Å². The van der Waals surface area contributed by atoms with Crippen LogP contribution in [0.2, 0.25) is 0 Å². The van der Waals surface area contributed by atoms with Crippen LogP contribution < -0.4 is 9.47 Å². The van der Waals surface area contributed by atoms with Crippen LogP contribution in [0.4, 0.5) is 4.39 Å². The van der Waals surface area contributed by atoms with Gasteiger partial charge >= 0.3 is 0 Å². The molecule has 110 valence electrons. The molecule has 0 aliphatic carbocycles. The molecule has 0 radical (unpaired) electrons. The van der Waals surface area contributed by atoms with Crippen molar-refractivity contribution in [3.05, 3.63) is 57.3 Å². The van der Waals surface area contributed by atoms with Crippen molar-refractivity contribution in [1.29, 1.82) is 0 Å². The van der Waals surface area contributed by atoms with Crippen LogP contribution in [0.15, 0.2) is 34.8 Å². The van der Waals surface area contributed by atoms with Gasteiger partial charge in [-0.15, -0.1) is 0 Å². The lowest BCUT2D eigenvalue weighted by Gasteiger charge is -2.21. The first-order chi connectivity index (χ1) is 10.1. The average Bonchev–Trinajstić information content (AvgIpc) is 2.48. The van der Waals surface area contributed by atoms with Crippen molar-refractivity contribution in [3.8, 4) is 11.5 Å². The summed E-state index contributed by atoms with van der Waals surface area (Å²) < 4.78 is 25.8. The monoisotopic (exact) mass is 414 g/mol. The molecule has 0 amide bonds. The number of hydrogen-bond acceptors (Lipinski definition) is 2. The number of halogens is 3. The first kappa shape index (κ1) is 14.9. The maximum atomic E-state index is 13.8. The largest absolute Gasteiger partial charge is 0.486 e. The van der Waals surface area contributed by atoms with Crippen LogP contribution in [-0.4, -0.2) is 13.2 Å². The molecule has 0 bridgehead atoms. The summed E-state index contributed by atoms with van der Waals surface area (Å²) in [5.41, 5.74) is 2.47. The summed E-state index contributed by atoms with van der Waals surface area (Å²) in [4.78, 5) is -0.127. The maximum absolute atomic E-state index is 13.8. The number of alkyl halides is 1. The van der Waals surface area contributed by atoms with E-state index in [0.29, 0.717) is 18.8 Å². The lowest BCUT2D eigenvalue weighted by Crippen LogP contribution is -2.15. The Labute approximate surface area is 139 Å². The zero-order valence-electron chi connectivity index (χ0n) is 11.3. The van der Waals surface area contributed by atoms with E-state index in [1.807, 2.05) is 18.2 Å². The van der Waals surface area contributed by atoms with E-state index in [1.54, 1.807) is 19.1 Å². The van der Waals surface area contributed by atoms with Crippen LogP contribution in [0.5, 0.6) is 11.5 Å². The smallest absolute Gasteiger partial charge is 0.162 e. The standard InChI is InChI=1S/C16H13Br2FO2/c1-9-2-3-10(6-13(9)19)16(18)11-7-14-15(8-12(11)17)21-5-4-20-14/h2-3,6-8,16H,4-5H2,1H3. The van der Waals surface area contributed by atoms with Gasteiger partial charge in [0.25, 0.3) is 0 Å². The molecule has 0 N–H and O–H groups in total. The fourth-order valence-corrected chi connectivity index (χ4v) is 3.74. The van der Waals surface area contributed by atoms with E-state index in [-0.39, 0.29) is 10.6 Å². The summed E-state index contributed by atoms with van der Waals surface area (Å²) in [5, 5.41) is 0. The van der Waals surface area contributed by atoms with E-state index in [4.69, 9.17) is 9.47 Å². The highest BCUT2D eigenvalue weighted by atomic mass is 79.9. The van der Waals surface area contributed by atoms with Gasteiger partial charge in [0, 0.05) is 4.47 Å². The third kappa shape index (κ3) is 2.94. The number of aryl methyl sites for hydroxylation is 1. The summed E-state index contributed by atoms with van der Waals surface area (Å²) in [5.74, 6) is 1.24. The Kier molecular flexibility index (Phi) is 4.22. The molecule has 2 nitrogen and oxygen atoms in total. The summed E-state index contributed by atoms with van der Waals surface area (Å²) in [7, 11) is 0. The molecule has 21 heavy (non-hydrogen) atoms. The van der Waals surface area contributed by atoms with Gasteiger partial charge in [0.1, 0.15) is 19.0 Å².